The molecular weight excluding hydrogens is 476 g/mol. The molecule has 5 nitrogen and oxygen atoms in total. The van der Waals surface area contributed by atoms with Gasteiger partial charge in [0.2, 0.25) is 5.88 Å². The standard InChI is InChI=1S/C14H7Cl3F5N3O2S/c1-2-27-12-11(28(26)14(17,21)22)9(5-23)24-25(12)10-7(15)3-6(4-8(10)16)13(18,19)20/h3-4H,2H2,1H3. The number of nitrogens with zero attached hydrogens (tertiary/aromatic N) is 3. The van der Waals surface area contributed by atoms with Crippen molar-refractivity contribution in [2.45, 2.75) is 22.7 Å². The summed E-state index contributed by atoms with van der Waals surface area (Å²) in [5.41, 5.74) is -2.32. The molecule has 0 N–H and O–H groups in total. The molecule has 1 aromatic carbocycles. The van der Waals surface area contributed by atoms with Gasteiger partial charge in [-0.05, 0) is 30.7 Å². The van der Waals surface area contributed by atoms with E-state index in [0.29, 0.717) is 16.8 Å². The zero-order valence-corrected chi connectivity index (χ0v) is 16.5. The summed E-state index contributed by atoms with van der Waals surface area (Å²) in [6.07, 6.45) is -4.76. The second-order valence-electron chi connectivity index (χ2n) is 4.94. The SMILES string of the molecule is CCOc1c(S(=O)C(F)(F)Cl)c(C#N)nn1-c1c(Cl)cc(C(F)(F)F)cc1Cl. The predicted molar refractivity (Wildman–Crippen MR) is 91.7 cm³/mol. The lowest BCUT2D eigenvalue weighted by atomic mass is 10.2. The monoisotopic (exact) mass is 481 g/mol. The summed E-state index contributed by atoms with van der Waals surface area (Å²) < 4.78 is 79.0. The fraction of sp³-hybridized carbons (Fsp3) is 0.286. The van der Waals surface area contributed by atoms with Crippen molar-refractivity contribution < 1.29 is 30.9 Å². The van der Waals surface area contributed by atoms with Crippen molar-refractivity contribution in [2.24, 2.45) is 0 Å². The Labute approximate surface area is 172 Å². The Morgan fingerprint density at radius 3 is 2.18 bits per heavy atom. The largest absolute Gasteiger partial charge is 0.477 e. The van der Waals surface area contributed by atoms with Crippen LogP contribution in [0.25, 0.3) is 5.69 Å². The minimum Gasteiger partial charge on any atom is -0.477 e. The summed E-state index contributed by atoms with van der Waals surface area (Å²) in [6, 6.07) is 2.50. The molecule has 0 saturated heterocycles. The molecule has 152 valence electrons. The molecular formula is C14H7Cl3F5N3O2S. The number of hydrogen-bond acceptors (Lipinski definition) is 4. The van der Waals surface area contributed by atoms with Gasteiger partial charge in [-0.15, -0.1) is 0 Å². The number of hydrogen-bond donors (Lipinski definition) is 0. The Morgan fingerprint density at radius 1 is 1.25 bits per heavy atom. The summed E-state index contributed by atoms with van der Waals surface area (Å²) in [5, 5.41) is 11.7. The van der Waals surface area contributed by atoms with Crippen LogP contribution in [0.15, 0.2) is 17.0 Å². The molecule has 0 bridgehead atoms. The fourth-order valence-corrected chi connectivity index (χ4v) is 3.77. The van der Waals surface area contributed by atoms with Gasteiger partial charge in [0.05, 0.1) is 22.2 Å². The highest BCUT2D eigenvalue weighted by Crippen LogP contribution is 2.42. The first-order chi connectivity index (χ1) is 12.8. The Kier molecular flexibility index (Phi) is 6.50. The Balaban J connectivity index is 2.83. The van der Waals surface area contributed by atoms with Gasteiger partial charge in [-0.1, -0.05) is 23.2 Å². The van der Waals surface area contributed by atoms with Gasteiger partial charge in [0.1, 0.15) is 27.5 Å². The maximum atomic E-state index is 13.4. The van der Waals surface area contributed by atoms with E-state index in [0.717, 1.165) is 0 Å². The number of aromatic nitrogens is 2. The second kappa shape index (κ2) is 8.02. The van der Waals surface area contributed by atoms with Crippen LogP contribution in [0.2, 0.25) is 10.0 Å². The number of halogens is 8. The normalized spacial score (nSPS) is 13.3. The summed E-state index contributed by atoms with van der Waals surface area (Å²) in [4.78, 5) is -0.851. The number of alkyl halides is 6. The third-order valence-electron chi connectivity index (χ3n) is 3.14. The molecule has 0 aliphatic carbocycles. The van der Waals surface area contributed by atoms with Crippen LogP contribution in [-0.2, 0) is 17.0 Å². The van der Waals surface area contributed by atoms with Crippen LogP contribution in [0.5, 0.6) is 5.88 Å². The minimum atomic E-state index is -4.76. The number of ether oxygens (including phenoxy) is 1. The molecule has 1 atom stereocenters. The predicted octanol–water partition coefficient (Wildman–Crippen LogP) is 5.36. The molecule has 0 saturated carbocycles. The average molecular weight is 483 g/mol. The maximum absolute atomic E-state index is 13.4. The van der Waals surface area contributed by atoms with E-state index in [2.05, 4.69) is 5.10 Å². The lowest BCUT2D eigenvalue weighted by Crippen LogP contribution is -2.16. The highest BCUT2D eigenvalue weighted by atomic mass is 35.5. The van der Waals surface area contributed by atoms with Gasteiger partial charge in [0, 0.05) is 0 Å². The molecule has 0 radical (unpaired) electrons. The van der Waals surface area contributed by atoms with Crippen molar-refractivity contribution in [1.29, 1.82) is 5.26 Å². The molecule has 28 heavy (non-hydrogen) atoms. The van der Waals surface area contributed by atoms with Gasteiger partial charge in [0.25, 0.3) is 0 Å². The van der Waals surface area contributed by atoms with Gasteiger partial charge in [-0.3, -0.25) is 0 Å². The Hall–Kier alpha value is -1.61. The Morgan fingerprint density at radius 2 is 1.79 bits per heavy atom. The van der Waals surface area contributed by atoms with Crippen molar-refractivity contribution in [1.82, 2.24) is 9.78 Å². The first-order valence-corrected chi connectivity index (χ1v) is 9.32. The lowest BCUT2D eigenvalue weighted by molar-refractivity contribution is -0.137. The van der Waals surface area contributed by atoms with E-state index in [4.69, 9.17) is 44.8 Å². The van der Waals surface area contributed by atoms with Crippen LogP contribution < -0.4 is 4.74 Å². The summed E-state index contributed by atoms with van der Waals surface area (Å²) in [7, 11) is -3.27. The Bertz CT molecular complexity index is 959. The van der Waals surface area contributed by atoms with Gasteiger partial charge < -0.3 is 4.74 Å². The molecule has 0 aliphatic heterocycles. The van der Waals surface area contributed by atoms with Crippen LogP contribution in [0.4, 0.5) is 22.0 Å². The number of benzene rings is 1. The topological polar surface area (TPSA) is 67.9 Å². The second-order valence-corrected chi connectivity index (χ2v) is 7.91. The molecule has 0 aliphatic rings. The van der Waals surface area contributed by atoms with Crippen molar-refractivity contribution in [3.63, 3.8) is 0 Å². The van der Waals surface area contributed by atoms with Crippen LogP contribution in [0, 0.1) is 11.3 Å². The van der Waals surface area contributed by atoms with Gasteiger partial charge in [-0.2, -0.15) is 37.0 Å². The number of rotatable bonds is 5. The van der Waals surface area contributed by atoms with E-state index >= 15 is 0 Å². The molecule has 2 aromatic rings. The van der Waals surface area contributed by atoms with Crippen LogP contribution in [-0.4, -0.2) is 25.3 Å². The van der Waals surface area contributed by atoms with E-state index in [1.807, 2.05) is 0 Å². The van der Waals surface area contributed by atoms with Crippen molar-refractivity contribution >= 4 is 45.6 Å². The third-order valence-corrected chi connectivity index (χ3v) is 5.30. The average Bonchev–Trinajstić information content (AvgIpc) is 2.90. The molecule has 0 amide bonds. The molecule has 1 heterocycles. The quantitative estimate of drug-likeness (QED) is 0.425. The van der Waals surface area contributed by atoms with E-state index in [1.165, 1.54) is 13.0 Å². The van der Waals surface area contributed by atoms with Crippen molar-refractivity contribution in [3.05, 3.63) is 33.4 Å². The first-order valence-electron chi connectivity index (χ1n) is 7.04. The molecule has 0 fully saturated rings. The van der Waals surface area contributed by atoms with E-state index in [9.17, 15) is 26.2 Å². The number of nitriles is 1. The lowest BCUT2D eigenvalue weighted by Gasteiger charge is -2.15. The molecule has 1 aromatic heterocycles. The van der Waals surface area contributed by atoms with E-state index in [1.54, 1.807) is 0 Å². The molecule has 0 spiro atoms. The first kappa shape index (κ1) is 22.7. The van der Waals surface area contributed by atoms with E-state index in [-0.39, 0.29) is 6.61 Å². The highest BCUT2D eigenvalue weighted by Gasteiger charge is 2.42. The maximum Gasteiger partial charge on any atom is 0.416 e. The highest BCUT2D eigenvalue weighted by molar-refractivity contribution is 7.87. The van der Waals surface area contributed by atoms with Gasteiger partial charge in [0.15, 0.2) is 5.69 Å². The molecule has 14 heteroatoms. The van der Waals surface area contributed by atoms with Crippen molar-refractivity contribution in [2.75, 3.05) is 6.61 Å². The van der Waals surface area contributed by atoms with Crippen LogP contribution in [0.3, 0.4) is 0 Å². The van der Waals surface area contributed by atoms with Gasteiger partial charge >= 0.3 is 10.9 Å². The van der Waals surface area contributed by atoms with Crippen LogP contribution in [0.1, 0.15) is 18.2 Å². The van der Waals surface area contributed by atoms with E-state index < -0.39 is 59.5 Å². The zero-order chi connectivity index (χ0) is 21.4. The third kappa shape index (κ3) is 4.35. The summed E-state index contributed by atoms with van der Waals surface area (Å²) in [5.74, 6) is -0.624. The zero-order valence-electron chi connectivity index (χ0n) is 13.5. The minimum absolute atomic E-state index is 0.162. The van der Waals surface area contributed by atoms with Crippen LogP contribution >= 0.6 is 34.8 Å². The van der Waals surface area contributed by atoms with Gasteiger partial charge in [-0.25, -0.2) is 4.21 Å². The van der Waals surface area contributed by atoms with Crippen molar-refractivity contribution in [3.8, 4) is 17.6 Å². The molecule has 2 rings (SSSR count). The molecule has 1 unspecified atom stereocenters. The fourth-order valence-electron chi connectivity index (χ4n) is 2.09. The smallest absolute Gasteiger partial charge is 0.416 e. The summed E-state index contributed by atoms with van der Waals surface area (Å²) in [6.45, 7) is 1.27. The summed E-state index contributed by atoms with van der Waals surface area (Å²) >= 11 is 16.6.